The normalized spacial score (nSPS) is 11.1. The molecule has 1 aromatic heterocycles. The molecule has 0 radical (unpaired) electrons. The van der Waals surface area contributed by atoms with E-state index in [0.29, 0.717) is 22.6 Å². The molecule has 0 amide bonds. The highest BCUT2D eigenvalue weighted by Crippen LogP contribution is 2.33. The smallest absolute Gasteiger partial charge is 0.311 e. The highest BCUT2D eigenvalue weighted by Gasteiger charge is 2.16. The lowest BCUT2D eigenvalue weighted by atomic mass is 10.1. The van der Waals surface area contributed by atoms with Gasteiger partial charge in [0.2, 0.25) is 10.0 Å². The quantitative estimate of drug-likeness (QED) is 0.479. The van der Waals surface area contributed by atoms with Gasteiger partial charge < -0.3 is 10.1 Å². The summed E-state index contributed by atoms with van der Waals surface area (Å²) in [5, 5.41) is 19.4. The van der Waals surface area contributed by atoms with Gasteiger partial charge in [0, 0.05) is 18.0 Å². The number of hydrogen-bond donors (Lipinski definition) is 2. The Balaban J connectivity index is 1.94. The summed E-state index contributed by atoms with van der Waals surface area (Å²) in [7, 11) is -2.46. The lowest BCUT2D eigenvalue weighted by Gasteiger charge is -2.09. The molecule has 0 saturated carbocycles. The van der Waals surface area contributed by atoms with E-state index in [2.05, 4.69) is 10.3 Å². The number of rotatable bonds is 6. The van der Waals surface area contributed by atoms with Crippen LogP contribution in [0, 0.1) is 10.1 Å². The van der Waals surface area contributed by atoms with E-state index >= 15 is 0 Å². The Morgan fingerprint density at radius 1 is 1.11 bits per heavy atom. The van der Waals surface area contributed by atoms with Gasteiger partial charge >= 0.3 is 5.69 Å². The van der Waals surface area contributed by atoms with Crippen LogP contribution in [0.3, 0.4) is 0 Å². The molecule has 9 nitrogen and oxygen atoms in total. The highest BCUT2D eigenvalue weighted by atomic mass is 32.2. The molecule has 0 bridgehead atoms. The largest absolute Gasteiger partial charge is 0.490 e. The van der Waals surface area contributed by atoms with Gasteiger partial charge in [-0.25, -0.2) is 18.5 Å². The number of aromatic nitrogens is 1. The van der Waals surface area contributed by atoms with E-state index in [4.69, 9.17) is 9.88 Å². The summed E-state index contributed by atoms with van der Waals surface area (Å²) in [5.41, 5.74) is 1.63. The topological polar surface area (TPSA) is 137 Å². The first-order valence-corrected chi connectivity index (χ1v) is 9.51. The summed E-state index contributed by atoms with van der Waals surface area (Å²) < 4.78 is 28.0. The third-order valence-electron chi connectivity index (χ3n) is 3.90. The molecule has 0 aliphatic carbocycles. The van der Waals surface area contributed by atoms with Crippen molar-refractivity contribution in [1.82, 2.24) is 4.98 Å². The van der Waals surface area contributed by atoms with Crippen LogP contribution in [0.5, 0.6) is 5.75 Å². The number of nitrogens with two attached hydrogens (primary N) is 1. The number of nitro benzene ring substituents is 1. The first-order valence-electron chi connectivity index (χ1n) is 7.96. The van der Waals surface area contributed by atoms with Crippen molar-refractivity contribution in [2.24, 2.45) is 5.14 Å². The number of methoxy groups -OCH3 is 1. The Kier molecular flexibility index (Phi) is 5.25. The minimum absolute atomic E-state index is 0.0283. The van der Waals surface area contributed by atoms with E-state index < -0.39 is 14.9 Å². The first kappa shape index (κ1) is 19.3. The van der Waals surface area contributed by atoms with E-state index in [1.54, 1.807) is 30.3 Å². The van der Waals surface area contributed by atoms with Crippen molar-refractivity contribution in [3.05, 3.63) is 70.9 Å². The number of ether oxygens (including phenoxy) is 1. The van der Waals surface area contributed by atoms with Crippen LogP contribution < -0.4 is 15.2 Å². The summed E-state index contributed by atoms with van der Waals surface area (Å²) in [6.45, 7) is 0. The lowest BCUT2D eigenvalue weighted by molar-refractivity contribution is -0.385. The van der Waals surface area contributed by atoms with E-state index in [1.165, 1.54) is 37.6 Å². The number of sulfonamides is 1. The molecule has 144 valence electrons. The van der Waals surface area contributed by atoms with Crippen LogP contribution in [0.4, 0.5) is 17.2 Å². The molecule has 10 heteroatoms. The number of nitrogens with one attached hydrogen (secondary N) is 1. The fourth-order valence-electron chi connectivity index (χ4n) is 2.59. The van der Waals surface area contributed by atoms with Gasteiger partial charge in [0.25, 0.3) is 0 Å². The van der Waals surface area contributed by atoms with Crippen LogP contribution in [0.25, 0.3) is 11.1 Å². The fraction of sp³-hybridized carbons (Fsp3) is 0.0556. The molecule has 1 heterocycles. The monoisotopic (exact) mass is 400 g/mol. The number of nitrogens with zero attached hydrogens (tertiary/aromatic N) is 2. The second-order valence-corrected chi connectivity index (χ2v) is 7.33. The highest BCUT2D eigenvalue weighted by molar-refractivity contribution is 7.89. The number of primary sulfonamides is 1. The van der Waals surface area contributed by atoms with Crippen LogP contribution in [-0.2, 0) is 10.0 Å². The van der Waals surface area contributed by atoms with Crippen molar-refractivity contribution in [3.63, 3.8) is 0 Å². The first-order chi connectivity index (χ1) is 13.3. The minimum Gasteiger partial charge on any atom is -0.490 e. The number of nitro groups is 1. The van der Waals surface area contributed by atoms with Gasteiger partial charge in [-0.3, -0.25) is 10.1 Å². The molecule has 0 spiro atoms. The standard InChI is InChI=1S/C18H16N4O5S/c1-27-17-6-5-12(9-16(17)22(23)24)13-7-8-20-18(10-13)21-14-3-2-4-15(11-14)28(19,25)26/h2-11H,1H3,(H,20,21)(H2,19,25,26). The Hall–Kier alpha value is -3.50. The summed E-state index contributed by atoms with van der Waals surface area (Å²) in [6, 6.07) is 14.0. The summed E-state index contributed by atoms with van der Waals surface area (Å²) in [4.78, 5) is 14.9. The number of hydrogen-bond acceptors (Lipinski definition) is 7. The van der Waals surface area contributed by atoms with Crippen LogP contribution in [-0.4, -0.2) is 25.4 Å². The Morgan fingerprint density at radius 2 is 1.86 bits per heavy atom. The third kappa shape index (κ3) is 4.24. The second-order valence-electron chi connectivity index (χ2n) is 5.77. The average Bonchev–Trinajstić information content (AvgIpc) is 2.67. The molecule has 2 aromatic carbocycles. The molecule has 3 rings (SSSR count). The maximum absolute atomic E-state index is 11.5. The van der Waals surface area contributed by atoms with Crippen molar-refractivity contribution in [2.45, 2.75) is 4.90 Å². The van der Waals surface area contributed by atoms with Crippen LogP contribution in [0.1, 0.15) is 0 Å². The van der Waals surface area contributed by atoms with Gasteiger partial charge in [0.15, 0.2) is 5.75 Å². The molecule has 0 aliphatic rings. The van der Waals surface area contributed by atoms with Gasteiger partial charge in [-0.1, -0.05) is 12.1 Å². The lowest BCUT2D eigenvalue weighted by Crippen LogP contribution is -2.12. The maximum Gasteiger partial charge on any atom is 0.311 e. The zero-order valence-electron chi connectivity index (χ0n) is 14.7. The van der Waals surface area contributed by atoms with Crippen molar-refractivity contribution >= 4 is 27.2 Å². The minimum atomic E-state index is -3.82. The fourth-order valence-corrected chi connectivity index (χ4v) is 3.15. The van der Waals surface area contributed by atoms with Crippen molar-refractivity contribution in [3.8, 4) is 16.9 Å². The molecule has 0 saturated heterocycles. The van der Waals surface area contributed by atoms with Crippen LogP contribution in [0.2, 0.25) is 0 Å². The zero-order valence-corrected chi connectivity index (χ0v) is 15.5. The van der Waals surface area contributed by atoms with E-state index in [9.17, 15) is 18.5 Å². The summed E-state index contributed by atoms with van der Waals surface area (Å²) in [6.07, 6.45) is 1.54. The van der Waals surface area contributed by atoms with Gasteiger partial charge in [-0.05, 0) is 47.5 Å². The van der Waals surface area contributed by atoms with Gasteiger partial charge in [0.05, 0.1) is 16.9 Å². The second kappa shape index (κ2) is 7.62. The van der Waals surface area contributed by atoms with Crippen molar-refractivity contribution in [2.75, 3.05) is 12.4 Å². The van der Waals surface area contributed by atoms with Gasteiger partial charge in [0.1, 0.15) is 5.82 Å². The van der Waals surface area contributed by atoms with Crippen LogP contribution in [0.15, 0.2) is 65.7 Å². The zero-order chi connectivity index (χ0) is 20.3. The molecular weight excluding hydrogens is 384 g/mol. The number of anilines is 2. The molecule has 3 aromatic rings. The molecule has 0 atom stereocenters. The molecular formula is C18H16N4O5S. The predicted octanol–water partition coefficient (Wildman–Crippen LogP) is 3.06. The molecule has 28 heavy (non-hydrogen) atoms. The Morgan fingerprint density at radius 3 is 2.54 bits per heavy atom. The van der Waals surface area contributed by atoms with Gasteiger partial charge in [-0.2, -0.15) is 0 Å². The third-order valence-corrected chi connectivity index (χ3v) is 4.81. The van der Waals surface area contributed by atoms with Crippen molar-refractivity contribution < 1.29 is 18.1 Å². The predicted molar refractivity (Wildman–Crippen MR) is 104 cm³/mol. The summed E-state index contributed by atoms with van der Waals surface area (Å²) in [5.74, 6) is 0.600. The van der Waals surface area contributed by atoms with Crippen molar-refractivity contribution in [1.29, 1.82) is 0 Å². The SMILES string of the molecule is COc1ccc(-c2ccnc(Nc3cccc(S(N)(=O)=O)c3)c2)cc1[N+](=O)[O-]. The molecule has 3 N–H and O–H groups in total. The molecule has 0 unspecified atom stereocenters. The Bertz CT molecular complexity index is 1150. The summed E-state index contributed by atoms with van der Waals surface area (Å²) >= 11 is 0. The van der Waals surface area contributed by atoms with E-state index in [-0.39, 0.29) is 16.3 Å². The maximum atomic E-state index is 11.5. The van der Waals surface area contributed by atoms with E-state index in [0.717, 1.165) is 0 Å². The van der Waals surface area contributed by atoms with Gasteiger partial charge in [-0.15, -0.1) is 0 Å². The Labute approximate surface area is 161 Å². The number of benzene rings is 2. The molecule has 0 fully saturated rings. The number of pyridine rings is 1. The van der Waals surface area contributed by atoms with Crippen LogP contribution >= 0.6 is 0 Å². The average molecular weight is 400 g/mol. The van der Waals surface area contributed by atoms with E-state index in [1.807, 2.05) is 0 Å². The molecule has 0 aliphatic heterocycles.